The van der Waals surface area contributed by atoms with Gasteiger partial charge in [-0.05, 0) is 32.0 Å². The van der Waals surface area contributed by atoms with Gasteiger partial charge in [0.1, 0.15) is 11.6 Å². The van der Waals surface area contributed by atoms with Crippen LogP contribution in [0.15, 0.2) is 24.3 Å². The van der Waals surface area contributed by atoms with E-state index in [1.54, 1.807) is 19.9 Å². The molecule has 0 amide bonds. The van der Waals surface area contributed by atoms with Gasteiger partial charge >= 0.3 is 0 Å². The maximum atomic E-state index is 13.5. The quantitative estimate of drug-likeness (QED) is 0.927. The van der Waals surface area contributed by atoms with Crippen LogP contribution in [0.25, 0.3) is 0 Å². The SMILES string of the molecule is Cc1cc(C(O)Cc2c(F)cccc2F)c(C)nn1. The van der Waals surface area contributed by atoms with Crippen LogP contribution in [0.4, 0.5) is 8.78 Å². The number of hydrogen-bond donors (Lipinski definition) is 1. The Morgan fingerprint density at radius 2 is 1.79 bits per heavy atom. The summed E-state index contributed by atoms with van der Waals surface area (Å²) in [6, 6.07) is 5.32. The molecule has 1 heterocycles. The van der Waals surface area contributed by atoms with Gasteiger partial charge in [-0.1, -0.05) is 6.07 Å². The van der Waals surface area contributed by atoms with E-state index in [-0.39, 0.29) is 12.0 Å². The molecule has 0 spiro atoms. The van der Waals surface area contributed by atoms with Crippen LogP contribution in [0.3, 0.4) is 0 Å². The second-order valence-corrected chi connectivity index (χ2v) is 4.45. The van der Waals surface area contributed by atoms with Crippen molar-refractivity contribution in [3.8, 4) is 0 Å². The van der Waals surface area contributed by atoms with Gasteiger partial charge in [-0.15, -0.1) is 0 Å². The molecule has 100 valence electrons. The van der Waals surface area contributed by atoms with Crippen LogP contribution >= 0.6 is 0 Å². The molecule has 3 nitrogen and oxygen atoms in total. The zero-order valence-corrected chi connectivity index (χ0v) is 10.7. The fourth-order valence-corrected chi connectivity index (χ4v) is 1.94. The van der Waals surface area contributed by atoms with Crippen molar-refractivity contribution >= 4 is 0 Å². The van der Waals surface area contributed by atoms with Crippen molar-refractivity contribution in [3.63, 3.8) is 0 Å². The van der Waals surface area contributed by atoms with E-state index < -0.39 is 17.7 Å². The third kappa shape index (κ3) is 2.93. The fraction of sp³-hybridized carbons (Fsp3) is 0.286. The van der Waals surface area contributed by atoms with E-state index in [1.807, 2.05) is 0 Å². The highest BCUT2D eigenvalue weighted by Gasteiger charge is 2.17. The molecule has 1 unspecified atom stereocenters. The number of aliphatic hydroxyl groups is 1. The van der Waals surface area contributed by atoms with Crippen molar-refractivity contribution in [2.45, 2.75) is 26.4 Å². The maximum absolute atomic E-state index is 13.5. The van der Waals surface area contributed by atoms with Gasteiger partial charge in [0, 0.05) is 17.5 Å². The molecule has 19 heavy (non-hydrogen) atoms. The monoisotopic (exact) mass is 264 g/mol. The first-order valence-corrected chi connectivity index (χ1v) is 5.91. The Labute approximate surface area is 109 Å². The van der Waals surface area contributed by atoms with Crippen molar-refractivity contribution in [1.29, 1.82) is 0 Å². The Kier molecular flexibility index (Phi) is 3.85. The van der Waals surface area contributed by atoms with Crippen LogP contribution in [0, 0.1) is 25.5 Å². The van der Waals surface area contributed by atoms with Crippen LogP contribution < -0.4 is 0 Å². The minimum atomic E-state index is -1.01. The predicted molar refractivity (Wildman–Crippen MR) is 66.5 cm³/mol. The van der Waals surface area contributed by atoms with Crippen molar-refractivity contribution in [2.75, 3.05) is 0 Å². The molecule has 1 N–H and O–H groups in total. The second kappa shape index (κ2) is 5.40. The molecule has 0 fully saturated rings. The molecule has 0 radical (unpaired) electrons. The second-order valence-electron chi connectivity index (χ2n) is 4.45. The van der Waals surface area contributed by atoms with Gasteiger partial charge in [0.15, 0.2) is 0 Å². The van der Waals surface area contributed by atoms with E-state index in [0.29, 0.717) is 17.0 Å². The maximum Gasteiger partial charge on any atom is 0.129 e. The molecular weight excluding hydrogens is 250 g/mol. The first-order chi connectivity index (χ1) is 8.99. The first kappa shape index (κ1) is 13.5. The van der Waals surface area contributed by atoms with Crippen LogP contribution in [-0.4, -0.2) is 15.3 Å². The van der Waals surface area contributed by atoms with Crippen LogP contribution in [0.1, 0.15) is 28.6 Å². The summed E-state index contributed by atoms with van der Waals surface area (Å²) in [7, 11) is 0. The Bertz CT molecular complexity index is 582. The average molecular weight is 264 g/mol. The molecule has 2 rings (SSSR count). The van der Waals surface area contributed by atoms with E-state index in [9.17, 15) is 13.9 Å². The van der Waals surface area contributed by atoms with Crippen LogP contribution in [0.5, 0.6) is 0 Å². The lowest BCUT2D eigenvalue weighted by Crippen LogP contribution is -2.09. The third-order valence-electron chi connectivity index (χ3n) is 2.96. The number of rotatable bonds is 3. The lowest BCUT2D eigenvalue weighted by Gasteiger charge is -2.14. The Hall–Kier alpha value is -1.88. The Morgan fingerprint density at radius 1 is 1.16 bits per heavy atom. The third-order valence-corrected chi connectivity index (χ3v) is 2.96. The summed E-state index contributed by atoms with van der Waals surface area (Å²) in [5, 5.41) is 17.9. The zero-order chi connectivity index (χ0) is 14.0. The lowest BCUT2D eigenvalue weighted by molar-refractivity contribution is 0.174. The van der Waals surface area contributed by atoms with E-state index >= 15 is 0 Å². The van der Waals surface area contributed by atoms with Crippen LogP contribution in [-0.2, 0) is 6.42 Å². The number of halogens is 2. The smallest absolute Gasteiger partial charge is 0.129 e. The summed E-state index contributed by atoms with van der Waals surface area (Å²) in [5.41, 5.74) is 1.61. The summed E-state index contributed by atoms with van der Waals surface area (Å²) in [6.07, 6.45) is -1.15. The fourth-order valence-electron chi connectivity index (χ4n) is 1.94. The highest BCUT2D eigenvalue weighted by atomic mass is 19.1. The number of hydrogen-bond acceptors (Lipinski definition) is 3. The van der Waals surface area contributed by atoms with E-state index in [2.05, 4.69) is 10.2 Å². The Balaban J connectivity index is 2.31. The molecule has 1 atom stereocenters. The molecule has 0 saturated carbocycles. The number of aliphatic hydroxyl groups excluding tert-OH is 1. The summed E-state index contributed by atoms with van der Waals surface area (Å²) in [4.78, 5) is 0. The standard InChI is InChI=1S/C14H14F2N2O/c1-8-6-10(9(2)18-17-8)14(19)7-11-12(15)4-3-5-13(11)16/h3-6,14,19H,7H2,1-2H3. The predicted octanol–water partition coefficient (Wildman–Crippen LogP) is 2.65. The van der Waals surface area contributed by atoms with E-state index in [1.165, 1.54) is 18.2 Å². The van der Waals surface area contributed by atoms with Gasteiger partial charge < -0.3 is 5.11 Å². The number of nitrogens with zero attached hydrogens (tertiary/aromatic N) is 2. The highest BCUT2D eigenvalue weighted by molar-refractivity contribution is 5.27. The summed E-state index contributed by atoms with van der Waals surface area (Å²) in [6.45, 7) is 3.44. The Morgan fingerprint density at radius 3 is 2.42 bits per heavy atom. The first-order valence-electron chi connectivity index (χ1n) is 5.91. The summed E-state index contributed by atoms with van der Waals surface area (Å²) >= 11 is 0. The average Bonchev–Trinajstić information content (AvgIpc) is 2.37. The van der Waals surface area contributed by atoms with E-state index in [0.717, 1.165) is 0 Å². The minimum Gasteiger partial charge on any atom is -0.388 e. The van der Waals surface area contributed by atoms with Gasteiger partial charge in [-0.3, -0.25) is 0 Å². The van der Waals surface area contributed by atoms with Crippen LogP contribution in [0.2, 0.25) is 0 Å². The molecule has 1 aromatic heterocycles. The van der Waals surface area contributed by atoms with Crippen molar-refractivity contribution in [2.24, 2.45) is 0 Å². The number of benzene rings is 1. The molecule has 1 aromatic carbocycles. The van der Waals surface area contributed by atoms with E-state index in [4.69, 9.17) is 0 Å². The summed E-state index contributed by atoms with van der Waals surface area (Å²) < 4.78 is 27.1. The van der Waals surface area contributed by atoms with Crippen molar-refractivity contribution in [1.82, 2.24) is 10.2 Å². The number of aryl methyl sites for hydroxylation is 2. The van der Waals surface area contributed by atoms with Gasteiger partial charge in [-0.25, -0.2) is 8.78 Å². The van der Waals surface area contributed by atoms with Gasteiger partial charge in [0.25, 0.3) is 0 Å². The van der Waals surface area contributed by atoms with Crippen molar-refractivity contribution < 1.29 is 13.9 Å². The molecule has 0 bridgehead atoms. The van der Waals surface area contributed by atoms with Gasteiger partial charge in [0.2, 0.25) is 0 Å². The van der Waals surface area contributed by atoms with Gasteiger partial charge in [-0.2, -0.15) is 10.2 Å². The van der Waals surface area contributed by atoms with Crippen molar-refractivity contribution in [3.05, 3.63) is 58.4 Å². The normalized spacial score (nSPS) is 12.5. The number of aromatic nitrogens is 2. The topological polar surface area (TPSA) is 46.0 Å². The largest absolute Gasteiger partial charge is 0.388 e. The zero-order valence-electron chi connectivity index (χ0n) is 10.7. The molecule has 0 aliphatic heterocycles. The molecule has 0 aliphatic carbocycles. The highest BCUT2D eigenvalue weighted by Crippen LogP contribution is 2.23. The lowest BCUT2D eigenvalue weighted by atomic mass is 9.99. The van der Waals surface area contributed by atoms with Gasteiger partial charge in [0.05, 0.1) is 17.5 Å². The molecule has 5 heteroatoms. The summed E-state index contributed by atoms with van der Waals surface area (Å²) in [5.74, 6) is -1.31. The molecular formula is C14H14F2N2O. The molecule has 2 aromatic rings. The minimum absolute atomic E-state index is 0.121. The molecule has 0 aliphatic rings. The molecule has 0 saturated heterocycles.